The molecule has 2 rings (SSSR count). The van der Waals surface area contributed by atoms with Crippen LogP contribution in [0.15, 0.2) is 30.3 Å². The average Bonchev–Trinajstić information content (AvgIpc) is 2.66. The largest absolute Gasteiger partial charge is 0.341 e. The van der Waals surface area contributed by atoms with E-state index in [-0.39, 0.29) is 17.9 Å². The minimum absolute atomic E-state index is 0.171. The van der Waals surface area contributed by atoms with Gasteiger partial charge in [-0.2, -0.15) is 0 Å². The molecule has 0 aliphatic carbocycles. The lowest BCUT2D eigenvalue weighted by molar-refractivity contribution is -0.134. The van der Waals surface area contributed by atoms with Gasteiger partial charge in [0.1, 0.15) is 0 Å². The van der Waals surface area contributed by atoms with Crippen LogP contribution in [0.1, 0.15) is 37.7 Å². The topological polar surface area (TPSA) is 81.7 Å². The van der Waals surface area contributed by atoms with E-state index in [0.717, 1.165) is 44.3 Å². The monoisotopic (exact) mass is 347 g/mol. The maximum Gasteiger partial charge on any atom is 0.243 e. The molecule has 1 fully saturated rings. The molecule has 1 aliphatic rings. The molecule has 0 unspecified atom stereocenters. The van der Waals surface area contributed by atoms with Gasteiger partial charge in [-0.3, -0.25) is 14.8 Å². The maximum atomic E-state index is 12.8. The van der Waals surface area contributed by atoms with Gasteiger partial charge in [-0.15, -0.1) is 0 Å². The lowest BCUT2D eigenvalue weighted by Gasteiger charge is -2.34. The molecule has 0 spiro atoms. The van der Waals surface area contributed by atoms with Crippen LogP contribution in [0.4, 0.5) is 0 Å². The van der Waals surface area contributed by atoms with Crippen molar-refractivity contribution in [1.82, 2.24) is 15.7 Å². The lowest BCUT2D eigenvalue weighted by atomic mass is 9.91. The number of carbonyl (C=O) groups excluding carboxylic acids is 2. The van der Waals surface area contributed by atoms with Gasteiger partial charge < -0.3 is 10.2 Å². The highest BCUT2D eigenvalue weighted by Gasteiger charge is 2.27. The number of nitrogens with zero attached hydrogens (tertiary/aromatic N) is 1. The first-order valence-electron chi connectivity index (χ1n) is 9.07. The number of likely N-dealkylation sites (tertiary alicyclic amines) is 1. The number of benzene rings is 1. The van der Waals surface area contributed by atoms with Gasteiger partial charge in [-0.25, -0.2) is 5.48 Å². The fourth-order valence-electron chi connectivity index (χ4n) is 3.43. The van der Waals surface area contributed by atoms with Crippen molar-refractivity contribution in [3.63, 3.8) is 0 Å². The Hall–Kier alpha value is -1.92. The van der Waals surface area contributed by atoms with E-state index in [9.17, 15) is 9.59 Å². The molecule has 6 nitrogen and oxygen atoms in total. The summed E-state index contributed by atoms with van der Waals surface area (Å²) < 4.78 is 0. The van der Waals surface area contributed by atoms with Crippen molar-refractivity contribution in [2.45, 2.75) is 44.6 Å². The van der Waals surface area contributed by atoms with Gasteiger partial charge >= 0.3 is 0 Å². The second-order valence-corrected chi connectivity index (χ2v) is 6.73. The predicted molar refractivity (Wildman–Crippen MR) is 96.1 cm³/mol. The standard InChI is InChI=1S/C19H29N3O3/c1-20-17(14-16-6-3-2-4-7-16)19(24)22-12-10-15(11-13-22)8-5-9-18(23)21-25/h2-4,6-7,15,17,20,25H,5,8-14H2,1H3,(H,21,23)/t17-/m1/s1. The van der Waals surface area contributed by atoms with E-state index in [1.54, 1.807) is 5.48 Å². The first-order chi connectivity index (χ1) is 12.1. The molecule has 6 heteroatoms. The molecule has 0 bridgehead atoms. The molecule has 25 heavy (non-hydrogen) atoms. The third-order valence-corrected chi connectivity index (χ3v) is 5.00. The number of hydrogen-bond acceptors (Lipinski definition) is 4. The van der Waals surface area contributed by atoms with E-state index in [4.69, 9.17) is 5.21 Å². The Balaban J connectivity index is 1.76. The first kappa shape index (κ1) is 19.4. The summed E-state index contributed by atoms with van der Waals surface area (Å²) in [5.41, 5.74) is 2.82. The molecule has 1 atom stereocenters. The molecule has 3 N–H and O–H groups in total. The van der Waals surface area contributed by atoms with Gasteiger partial charge in [-0.1, -0.05) is 30.3 Å². The molecule has 1 aromatic rings. The Morgan fingerprint density at radius 2 is 1.92 bits per heavy atom. The summed E-state index contributed by atoms with van der Waals surface area (Å²) in [5, 5.41) is 11.7. The van der Waals surface area contributed by atoms with Gasteiger partial charge in [0, 0.05) is 19.5 Å². The van der Waals surface area contributed by atoms with Crippen molar-refractivity contribution in [2.75, 3.05) is 20.1 Å². The van der Waals surface area contributed by atoms with E-state index in [2.05, 4.69) is 5.32 Å². The Bertz CT molecular complexity index is 542. The number of piperidine rings is 1. The van der Waals surface area contributed by atoms with Crippen molar-refractivity contribution in [2.24, 2.45) is 5.92 Å². The van der Waals surface area contributed by atoms with E-state index in [1.165, 1.54) is 0 Å². The zero-order chi connectivity index (χ0) is 18.1. The summed E-state index contributed by atoms with van der Waals surface area (Å²) in [5.74, 6) is 0.396. The number of nitrogens with one attached hydrogen (secondary N) is 2. The average molecular weight is 347 g/mol. The normalized spacial score (nSPS) is 16.5. The number of amides is 2. The summed E-state index contributed by atoms with van der Waals surface area (Å²) in [7, 11) is 1.84. The number of rotatable bonds is 8. The van der Waals surface area contributed by atoms with E-state index >= 15 is 0 Å². The predicted octanol–water partition coefficient (Wildman–Crippen LogP) is 1.73. The highest BCUT2D eigenvalue weighted by Crippen LogP contribution is 2.23. The van der Waals surface area contributed by atoms with Crippen LogP contribution < -0.4 is 10.8 Å². The molecule has 2 amide bonds. The van der Waals surface area contributed by atoms with Crippen LogP contribution in [-0.4, -0.2) is 48.1 Å². The van der Waals surface area contributed by atoms with Crippen LogP contribution in [0.2, 0.25) is 0 Å². The van der Waals surface area contributed by atoms with Gasteiger partial charge in [0.05, 0.1) is 6.04 Å². The maximum absolute atomic E-state index is 12.8. The van der Waals surface area contributed by atoms with E-state index in [1.807, 2.05) is 42.3 Å². The summed E-state index contributed by atoms with van der Waals surface area (Å²) in [6, 6.07) is 9.88. The second-order valence-electron chi connectivity index (χ2n) is 6.73. The van der Waals surface area contributed by atoms with Crippen LogP contribution in [0.25, 0.3) is 0 Å². The molecular formula is C19H29N3O3. The summed E-state index contributed by atoms with van der Waals surface area (Å²) in [4.78, 5) is 25.8. The third-order valence-electron chi connectivity index (χ3n) is 5.00. The Kier molecular flexibility index (Phi) is 7.88. The van der Waals surface area contributed by atoms with Crippen LogP contribution >= 0.6 is 0 Å². The number of likely N-dealkylation sites (N-methyl/N-ethyl adjacent to an activating group) is 1. The van der Waals surface area contributed by atoms with Crippen LogP contribution in [0.5, 0.6) is 0 Å². The van der Waals surface area contributed by atoms with E-state index in [0.29, 0.717) is 18.8 Å². The second kappa shape index (κ2) is 10.2. The van der Waals surface area contributed by atoms with Crippen molar-refractivity contribution >= 4 is 11.8 Å². The molecule has 138 valence electrons. The SMILES string of the molecule is CN[C@H](Cc1ccccc1)C(=O)N1CCC(CCCC(=O)NO)CC1. The van der Waals surface area contributed by atoms with E-state index < -0.39 is 0 Å². The van der Waals surface area contributed by atoms with Crippen LogP contribution in [0.3, 0.4) is 0 Å². The number of hydroxylamine groups is 1. The summed E-state index contributed by atoms with van der Waals surface area (Å²) >= 11 is 0. The fraction of sp³-hybridized carbons (Fsp3) is 0.579. The highest BCUT2D eigenvalue weighted by molar-refractivity contribution is 5.82. The zero-order valence-electron chi connectivity index (χ0n) is 14.9. The smallest absolute Gasteiger partial charge is 0.243 e. The van der Waals surface area contributed by atoms with Gasteiger partial charge in [0.25, 0.3) is 0 Å². The number of hydrogen-bond donors (Lipinski definition) is 3. The van der Waals surface area contributed by atoms with Gasteiger partial charge in [-0.05, 0) is 50.6 Å². The molecule has 0 aromatic heterocycles. The molecule has 0 saturated carbocycles. The summed E-state index contributed by atoms with van der Waals surface area (Å²) in [6.07, 6.45) is 4.76. The Labute approximate surface area is 149 Å². The van der Waals surface area contributed by atoms with Crippen molar-refractivity contribution in [1.29, 1.82) is 0 Å². The number of carbonyl (C=O) groups is 2. The van der Waals surface area contributed by atoms with Gasteiger partial charge in [0.15, 0.2) is 0 Å². The first-order valence-corrected chi connectivity index (χ1v) is 9.07. The lowest BCUT2D eigenvalue weighted by Crippen LogP contribution is -2.49. The van der Waals surface area contributed by atoms with Crippen molar-refractivity contribution in [3.8, 4) is 0 Å². The Morgan fingerprint density at radius 1 is 1.24 bits per heavy atom. The molecule has 1 aromatic carbocycles. The minimum Gasteiger partial charge on any atom is -0.341 e. The molecule has 1 heterocycles. The molecule has 0 radical (unpaired) electrons. The van der Waals surface area contributed by atoms with Crippen molar-refractivity contribution in [3.05, 3.63) is 35.9 Å². The summed E-state index contributed by atoms with van der Waals surface area (Å²) in [6.45, 7) is 1.56. The molecule has 1 aliphatic heterocycles. The molecular weight excluding hydrogens is 318 g/mol. The highest BCUT2D eigenvalue weighted by atomic mass is 16.5. The van der Waals surface area contributed by atoms with Gasteiger partial charge in [0.2, 0.25) is 11.8 Å². The minimum atomic E-state index is -0.328. The van der Waals surface area contributed by atoms with Crippen LogP contribution in [-0.2, 0) is 16.0 Å². The molecule has 1 saturated heterocycles. The third kappa shape index (κ3) is 6.14. The van der Waals surface area contributed by atoms with Crippen molar-refractivity contribution < 1.29 is 14.8 Å². The van der Waals surface area contributed by atoms with Crippen LogP contribution in [0, 0.1) is 5.92 Å². The fourth-order valence-corrected chi connectivity index (χ4v) is 3.43. The quantitative estimate of drug-likeness (QED) is 0.494. The Morgan fingerprint density at radius 3 is 2.52 bits per heavy atom. The zero-order valence-corrected chi connectivity index (χ0v) is 14.9.